The molecule has 0 aliphatic carbocycles. The Bertz CT molecular complexity index is 1780. The number of carbonyl (C=O) groups is 2. The maximum Gasteiger partial charge on any atom is 0.334 e. The monoisotopic (exact) mass is 660 g/mol. The van der Waals surface area contributed by atoms with E-state index in [1.165, 1.54) is 5.56 Å². The predicted octanol–water partition coefficient (Wildman–Crippen LogP) is 9.30. The van der Waals surface area contributed by atoms with E-state index in [9.17, 15) is 9.59 Å². The minimum Gasteiger partial charge on any atom is -0.461 e. The van der Waals surface area contributed by atoms with Gasteiger partial charge in [-0.2, -0.15) is 0 Å². The molecule has 1 aromatic heterocycles. The van der Waals surface area contributed by atoms with E-state index < -0.39 is 11.5 Å². The quantitative estimate of drug-likeness (QED) is 0.0719. The molecular formula is C43H48O6. The van der Waals surface area contributed by atoms with Crippen LogP contribution in [0.2, 0.25) is 0 Å². The lowest BCUT2D eigenvalue weighted by molar-refractivity contribution is -0.171. The molecule has 6 heteroatoms. The van der Waals surface area contributed by atoms with Crippen LogP contribution in [0.5, 0.6) is 0 Å². The number of rotatable bonds is 15. The molecule has 1 fully saturated rings. The summed E-state index contributed by atoms with van der Waals surface area (Å²) in [5, 5.41) is 0.929. The summed E-state index contributed by atoms with van der Waals surface area (Å²) in [4.78, 5) is 26.4. The van der Waals surface area contributed by atoms with Crippen molar-refractivity contribution in [3.05, 3.63) is 119 Å². The van der Waals surface area contributed by atoms with Gasteiger partial charge in [0.2, 0.25) is 0 Å². The number of aryl methyl sites for hydroxylation is 1. The second kappa shape index (κ2) is 17.2. The number of hydrogen-bond acceptors (Lipinski definition) is 6. The Kier molecular flexibility index (Phi) is 12.5. The van der Waals surface area contributed by atoms with Gasteiger partial charge in [0.05, 0.1) is 19.1 Å². The van der Waals surface area contributed by atoms with Gasteiger partial charge in [-0.25, -0.2) is 4.79 Å². The van der Waals surface area contributed by atoms with Gasteiger partial charge in [-0.3, -0.25) is 4.79 Å². The summed E-state index contributed by atoms with van der Waals surface area (Å²) in [7, 11) is 0. The number of allylic oxidation sites excluding steroid dienone is 1. The number of hydrogen-bond donors (Lipinski definition) is 0. The average molecular weight is 661 g/mol. The van der Waals surface area contributed by atoms with Crippen LogP contribution in [-0.2, 0) is 36.8 Å². The van der Waals surface area contributed by atoms with Gasteiger partial charge in [-0.1, -0.05) is 112 Å². The molecule has 0 amide bonds. The zero-order valence-corrected chi connectivity index (χ0v) is 29.3. The first kappa shape index (κ1) is 35.7. The van der Waals surface area contributed by atoms with E-state index in [1.54, 1.807) is 0 Å². The fourth-order valence-corrected chi connectivity index (χ4v) is 6.30. The number of benzene rings is 3. The molecule has 0 N–H and O–H groups in total. The second-order valence-electron chi connectivity index (χ2n) is 13.4. The molecule has 0 saturated carbocycles. The smallest absolute Gasteiger partial charge is 0.334 e. The molecule has 2 atom stereocenters. The summed E-state index contributed by atoms with van der Waals surface area (Å²) in [5.74, 6) is 6.45. The lowest BCUT2D eigenvalue weighted by Crippen LogP contribution is -2.41. The summed E-state index contributed by atoms with van der Waals surface area (Å²) in [6.07, 6.45) is 8.06. The number of ether oxygens (including phenoxy) is 3. The zero-order valence-electron chi connectivity index (χ0n) is 29.3. The molecule has 5 rings (SSSR count). The van der Waals surface area contributed by atoms with Crippen molar-refractivity contribution in [1.29, 1.82) is 0 Å². The van der Waals surface area contributed by atoms with Gasteiger partial charge >= 0.3 is 11.9 Å². The van der Waals surface area contributed by atoms with Crippen LogP contribution in [0.25, 0.3) is 11.0 Å². The van der Waals surface area contributed by atoms with E-state index in [4.69, 9.17) is 18.6 Å². The van der Waals surface area contributed by atoms with Gasteiger partial charge in [0.1, 0.15) is 18.0 Å². The number of carbonyl (C=O) groups excluding carboxylic acids is 2. The van der Waals surface area contributed by atoms with Gasteiger partial charge in [-0.05, 0) is 61.2 Å². The minimum atomic E-state index is -1.08. The summed E-state index contributed by atoms with van der Waals surface area (Å²) < 4.78 is 24.0. The van der Waals surface area contributed by atoms with E-state index in [2.05, 4.69) is 32.6 Å². The topological polar surface area (TPSA) is 75.0 Å². The first-order valence-electron chi connectivity index (χ1n) is 17.6. The number of furan rings is 1. The van der Waals surface area contributed by atoms with E-state index in [1.807, 2.05) is 91.9 Å². The largest absolute Gasteiger partial charge is 0.461 e. The molecule has 256 valence electrons. The van der Waals surface area contributed by atoms with Crippen LogP contribution in [0.3, 0.4) is 0 Å². The highest BCUT2D eigenvalue weighted by Gasteiger charge is 2.45. The minimum absolute atomic E-state index is 0.0788. The molecule has 0 radical (unpaired) electrons. The third kappa shape index (κ3) is 10.2. The molecule has 49 heavy (non-hydrogen) atoms. The van der Waals surface area contributed by atoms with Gasteiger partial charge in [0.25, 0.3) is 0 Å². The predicted molar refractivity (Wildman–Crippen MR) is 193 cm³/mol. The lowest BCUT2D eigenvalue weighted by Gasteiger charge is -2.27. The highest BCUT2D eigenvalue weighted by atomic mass is 16.6. The fraction of sp³-hybridized carbons (Fsp3) is 0.395. The summed E-state index contributed by atoms with van der Waals surface area (Å²) in [6, 6.07) is 25.8. The molecule has 6 nitrogen and oxygen atoms in total. The van der Waals surface area contributed by atoms with E-state index in [-0.39, 0.29) is 25.2 Å². The number of cyclic esters (lactones) is 1. The van der Waals surface area contributed by atoms with E-state index >= 15 is 0 Å². The Morgan fingerprint density at radius 3 is 2.39 bits per heavy atom. The third-order valence-electron chi connectivity index (χ3n) is 9.01. The van der Waals surface area contributed by atoms with Crippen LogP contribution in [0.15, 0.2) is 94.9 Å². The summed E-state index contributed by atoms with van der Waals surface area (Å²) >= 11 is 0. The zero-order chi connectivity index (χ0) is 34.6. The first-order chi connectivity index (χ1) is 23.8. The molecule has 2 heterocycles. The van der Waals surface area contributed by atoms with E-state index in [0.29, 0.717) is 36.7 Å². The van der Waals surface area contributed by atoms with Crippen LogP contribution in [0.4, 0.5) is 0 Å². The third-order valence-corrected chi connectivity index (χ3v) is 9.01. The Balaban J connectivity index is 1.22. The van der Waals surface area contributed by atoms with Crippen molar-refractivity contribution in [1.82, 2.24) is 0 Å². The van der Waals surface area contributed by atoms with Crippen LogP contribution in [0, 0.1) is 30.6 Å². The standard InChI is InChI=1S/C43H48O6/c1-5-10-33(11-6-2)20-22-37-27-43(49-42(37)45,29-46-28-36-12-8-7-9-13-36)30-47-41(44)32(4)24-39-26-38-25-35(21-23-40(38)48-39)19-18-34-16-14-31(3)15-17-34/h7-9,12-17,21-23,25-26,32-33H,5-6,10-11,20,24,27-30H2,1-4H3/b37-22+/t32-,43+/m0/s1. The van der Waals surface area contributed by atoms with Gasteiger partial charge in [-0.15, -0.1) is 0 Å². The molecule has 4 aromatic rings. The summed E-state index contributed by atoms with van der Waals surface area (Å²) in [6.45, 7) is 8.67. The summed E-state index contributed by atoms with van der Waals surface area (Å²) in [5.41, 5.74) is 4.36. The average Bonchev–Trinajstić information content (AvgIpc) is 3.65. The molecule has 1 saturated heterocycles. The Hall–Kier alpha value is -4.60. The van der Waals surface area contributed by atoms with Crippen molar-refractivity contribution >= 4 is 22.9 Å². The SMILES string of the molecule is CCCC(C/C=C1\C[C@@](COCc2ccccc2)(COC(=O)[C@@H](C)Cc2cc3cc(C#Cc4ccc(C)cc4)ccc3o2)OC1=O)CCC. The van der Waals surface area contributed by atoms with Crippen molar-refractivity contribution in [2.75, 3.05) is 13.2 Å². The van der Waals surface area contributed by atoms with Gasteiger partial charge < -0.3 is 18.6 Å². The van der Waals surface area contributed by atoms with Crippen LogP contribution in [0.1, 0.15) is 87.3 Å². The van der Waals surface area contributed by atoms with Gasteiger partial charge in [0, 0.05) is 34.9 Å². The Morgan fingerprint density at radius 2 is 1.65 bits per heavy atom. The Labute approximate surface area is 290 Å². The first-order valence-corrected chi connectivity index (χ1v) is 17.6. The highest BCUT2D eigenvalue weighted by molar-refractivity contribution is 5.91. The molecule has 3 aromatic carbocycles. The van der Waals surface area contributed by atoms with Crippen molar-refractivity contribution in [3.63, 3.8) is 0 Å². The number of fused-ring (bicyclic) bond motifs is 1. The maximum absolute atomic E-state index is 13.3. The molecule has 0 bridgehead atoms. The van der Waals surface area contributed by atoms with Gasteiger partial charge in [0.15, 0.2) is 5.60 Å². The molecule has 0 unspecified atom stereocenters. The van der Waals surface area contributed by atoms with Crippen LogP contribution < -0.4 is 0 Å². The van der Waals surface area contributed by atoms with Crippen LogP contribution in [-0.4, -0.2) is 30.8 Å². The van der Waals surface area contributed by atoms with Crippen molar-refractivity contribution in [2.24, 2.45) is 11.8 Å². The van der Waals surface area contributed by atoms with Crippen molar-refractivity contribution < 1.29 is 28.2 Å². The highest BCUT2D eigenvalue weighted by Crippen LogP contribution is 2.34. The normalized spacial score (nSPS) is 17.2. The lowest BCUT2D eigenvalue weighted by atomic mass is 9.92. The molecular weight excluding hydrogens is 612 g/mol. The molecule has 0 spiro atoms. The number of esters is 2. The van der Waals surface area contributed by atoms with Crippen molar-refractivity contribution in [3.8, 4) is 11.8 Å². The van der Waals surface area contributed by atoms with E-state index in [0.717, 1.165) is 59.8 Å². The Morgan fingerprint density at radius 1 is 0.939 bits per heavy atom. The van der Waals surface area contributed by atoms with Crippen LogP contribution >= 0.6 is 0 Å². The second-order valence-corrected chi connectivity index (χ2v) is 13.4. The molecule has 1 aliphatic rings. The maximum atomic E-state index is 13.3. The fourth-order valence-electron chi connectivity index (χ4n) is 6.30. The van der Waals surface area contributed by atoms with Crippen molar-refractivity contribution in [2.45, 2.75) is 84.8 Å². The molecule has 1 aliphatic heterocycles.